The van der Waals surface area contributed by atoms with Crippen LogP contribution < -0.4 is 15.8 Å². The summed E-state index contributed by atoms with van der Waals surface area (Å²) in [6.07, 6.45) is 5.90. The number of nitrogens with one attached hydrogen (secondary N) is 1. The highest BCUT2D eigenvalue weighted by atomic mass is 35.5. The molecule has 0 radical (unpaired) electrons. The molecule has 1 saturated heterocycles. The molecular formula is C14H23ClN4O. The first-order chi connectivity index (χ1) is 9.65. The number of aryl methyl sites for hydroxylation is 1. The Hall–Kier alpha value is -1.07. The van der Waals surface area contributed by atoms with Gasteiger partial charge in [0.05, 0.1) is 11.9 Å². The first-order valence-corrected chi connectivity index (χ1v) is 7.72. The van der Waals surface area contributed by atoms with Crippen LogP contribution in [0.1, 0.15) is 32.6 Å². The van der Waals surface area contributed by atoms with Gasteiger partial charge < -0.3 is 10.2 Å². The lowest BCUT2D eigenvalue weighted by Crippen LogP contribution is -2.35. The van der Waals surface area contributed by atoms with Gasteiger partial charge in [0.1, 0.15) is 5.02 Å². The molecule has 0 aliphatic carbocycles. The SMILES string of the molecule is CCCn1ncc(N(C)C2CCCNCC2)c(Cl)c1=O. The summed E-state index contributed by atoms with van der Waals surface area (Å²) in [6, 6.07) is 0.408. The van der Waals surface area contributed by atoms with Gasteiger partial charge in [-0.25, -0.2) is 4.68 Å². The lowest BCUT2D eigenvalue weighted by Gasteiger charge is -2.29. The number of halogens is 1. The van der Waals surface area contributed by atoms with E-state index in [0.29, 0.717) is 12.6 Å². The Balaban J connectivity index is 2.23. The Labute approximate surface area is 124 Å². The van der Waals surface area contributed by atoms with Crippen LogP contribution in [0.3, 0.4) is 0 Å². The lowest BCUT2D eigenvalue weighted by atomic mass is 10.1. The number of rotatable bonds is 4. The summed E-state index contributed by atoms with van der Waals surface area (Å²) in [5.41, 5.74) is 0.556. The summed E-state index contributed by atoms with van der Waals surface area (Å²) in [6.45, 7) is 4.69. The second kappa shape index (κ2) is 7.09. The molecule has 1 atom stereocenters. The molecule has 1 fully saturated rings. The molecule has 6 heteroatoms. The van der Waals surface area contributed by atoms with Gasteiger partial charge in [-0.1, -0.05) is 18.5 Å². The summed E-state index contributed by atoms with van der Waals surface area (Å²) in [4.78, 5) is 14.3. The van der Waals surface area contributed by atoms with Gasteiger partial charge in [-0.05, 0) is 38.8 Å². The average Bonchev–Trinajstić information content (AvgIpc) is 2.73. The van der Waals surface area contributed by atoms with Gasteiger partial charge in [-0.2, -0.15) is 5.10 Å². The summed E-state index contributed by atoms with van der Waals surface area (Å²) < 4.78 is 1.44. The largest absolute Gasteiger partial charge is 0.369 e. The van der Waals surface area contributed by atoms with E-state index in [1.54, 1.807) is 6.20 Å². The van der Waals surface area contributed by atoms with Crippen LogP contribution in [0, 0.1) is 0 Å². The normalized spacial score (nSPS) is 19.6. The maximum absolute atomic E-state index is 12.2. The fourth-order valence-electron chi connectivity index (χ4n) is 2.66. The number of hydrogen-bond acceptors (Lipinski definition) is 4. The Morgan fingerprint density at radius 1 is 1.50 bits per heavy atom. The van der Waals surface area contributed by atoms with Crippen LogP contribution in [0.2, 0.25) is 5.02 Å². The summed E-state index contributed by atoms with van der Waals surface area (Å²) in [5.74, 6) is 0. The van der Waals surface area contributed by atoms with E-state index in [9.17, 15) is 4.79 Å². The lowest BCUT2D eigenvalue weighted by molar-refractivity contribution is 0.550. The van der Waals surface area contributed by atoms with E-state index in [1.807, 2.05) is 14.0 Å². The minimum Gasteiger partial charge on any atom is -0.369 e. The van der Waals surface area contributed by atoms with E-state index in [4.69, 9.17) is 11.6 Å². The van der Waals surface area contributed by atoms with Crippen molar-refractivity contribution < 1.29 is 0 Å². The van der Waals surface area contributed by atoms with Gasteiger partial charge in [-0.3, -0.25) is 4.79 Å². The van der Waals surface area contributed by atoms with Gasteiger partial charge in [0.15, 0.2) is 0 Å². The second-order valence-electron chi connectivity index (χ2n) is 5.32. The summed E-state index contributed by atoms with van der Waals surface area (Å²) in [7, 11) is 2.00. The number of anilines is 1. The molecule has 1 aromatic heterocycles. The van der Waals surface area contributed by atoms with E-state index >= 15 is 0 Å². The summed E-state index contributed by atoms with van der Waals surface area (Å²) >= 11 is 6.26. The van der Waals surface area contributed by atoms with Crippen molar-refractivity contribution >= 4 is 17.3 Å². The molecule has 1 aromatic rings. The smallest absolute Gasteiger partial charge is 0.287 e. The molecule has 20 heavy (non-hydrogen) atoms. The Kier molecular flexibility index (Phi) is 5.43. The van der Waals surface area contributed by atoms with E-state index in [0.717, 1.165) is 44.5 Å². The molecule has 2 rings (SSSR count). The third kappa shape index (κ3) is 3.33. The second-order valence-corrected chi connectivity index (χ2v) is 5.70. The van der Waals surface area contributed by atoms with E-state index in [2.05, 4.69) is 15.3 Å². The van der Waals surface area contributed by atoms with Crippen LogP contribution in [-0.2, 0) is 6.54 Å². The predicted octanol–water partition coefficient (Wildman–Crippen LogP) is 1.89. The van der Waals surface area contributed by atoms with Crippen molar-refractivity contribution in [3.63, 3.8) is 0 Å². The van der Waals surface area contributed by atoms with Gasteiger partial charge in [0.2, 0.25) is 0 Å². The zero-order valence-electron chi connectivity index (χ0n) is 12.2. The van der Waals surface area contributed by atoms with Crippen LogP contribution in [0.5, 0.6) is 0 Å². The average molecular weight is 299 g/mol. The number of aromatic nitrogens is 2. The van der Waals surface area contributed by atoms with Crippen LogP contribution in [0.4, 0.5) is 5.69 Å². The van der Waals surface area contributed by atoms with Crippen molar-refractivity contribution in [2.45, 2.75) is 45.2 Å². The summed E-state index contributed by atoms with van der Waals surface area (Å²) in [5, 5.41) is 7.91. The van der Waals surface area contributed by atoms with Gasteiger partial charge in [0, 0.05) is 19.6 Å². The molecule has 1 aliphatic heterocycles. The molecule has 2 heterocycles. The fourth-order valence-corrected chi connectivity index (χ4v) is 2.94. The van der Waals surface area contributed by atoms with Crippen LogP contribution in [0.25, 0.3) is 0 Å². The molecule has 0 saturated carbocycles. The maximum Gasteiger partial charge on any atom is 0.287 e. The molecule has 0 spiro atoms. The maximum atomic E-state index is 12.2. The van der Waals surface area contributed by atoms with Crippen LogP contribution >= 0.6 is 11.6 Å². The van der Waals surface area contributed by atoms with E-state index < -0.39 is 0 Å². The molecule has 1 unspecified atom stereocenters. The fraction of sp³-hybridized carbons (Fsp3) is 0.714. The molecule has 0 aromatic carbocycles. The molecule has 112 valence electrons. The topological polar surface area (TPSA) is 50.2 Å². The molecule has 0 amide bonds. The quantitative estimate of drug-likeness (QED) is 0.922. The molecule has 1 aliphatic rings. The Morgan fingerprint density at radius 3 is 3.05 bits per heavy atom. The predicted molar refractivity (Wildman–Crippen MR) is 82.7 cm³/mol. The molecular weight excluding hydrogens is 276 g/mol. The van der Waals surface area contributed by atoms with E-state index in [-0.39, 0.29) is 10.6 Å². The zero-order valence-corrected chi connectivity index (χ0v) is 13.0. The molecule has 5 nitrogen and oxygen atoms in total. The highest BCUT2D eigenvalue weighted by Gasteiger charge is 2.21. The Morgan fingerprint density at radius 2 is 2.30 bits per heavy atom. The number of nitrogens with zero attached hydrogens (tertiary/aromatic N) is 3. The minimum atomic E-state index is -0.190. The van der Waals surface area contributed by atoms with Crippen LogP contribution in [-0.4, -0.2) is 36.0 Å². The van der Waals surface area contributed by atoms with Gasteiger partial charge >= 0.3 is 0 Å². The van der Waals surface area contributed by atoms with Crippen molar-refractivity contribution in [3.05, 3.63) is 21.6 Å². The highest BCUT2D eigenvalue weighted by Crippen LogP contribution is 2.24. The minimum absolute atomic E-state index is 0.190. The first-order valence-electron chi connectivity index (χ1n) is 7.34. The molecule has 1 N–H and O–H groups in total. The van der Waals surface area contributed by atoms with Gasteiger partial charge in [0.25, 0.3) is 5.56 Å². The zero-order chi connectivity index (χ0) is 14.5. The monoisotopic (exact) mass is 298 g/mol. The van der Waals surface area contributed by atoms with Crippen LogP contribution in [0.15, 0.2) is 11.0 Å². The standard InChI is InChI=1S/C14H23ClN4O/c1-3-9-19-14(20)13(15)12(10-17-19)18(2)11-5-4-7-16-8-6-11/h10-11,16H,3-9H2,1-2H3. The van der Waals surface area contributed by atoms with Crippen molar-refractivity contribution in [3.8, 4) is 0 Å². The van der Waals surface area contributed by atoms with Gasteiger partial charge in [-0.15, -0.1) is 0 Å². The molecule has 0 bridgehead atoms. The Bertz CT molecular complexity index is 494. The van der Waals surface area contributed by atoms with Crippen molar-refractivity contribution in [1.82, 2.24) is 15.1 Å². The number of hydrogen-bond donors (Lipinski definition) is 1. The van der Waals surface area contributed by atoms with E-state index in [1.165, 1.54) is 4.68 Å². The highest BCUT2D eigenvalue weighted by molar-refractivity contribution is 6.33. The third-order valence-electron chi connectivity index (χ3n) is 3.87. The third-order valence-corrected chi connectivity index (χ3v) is 4.23. The van der Waals surface area contributed by atoms with Crippen molar-refractivity contribution in [2.24, 2.45) is 0 Å². The first kappa shape index (κ1) is 15.3. The van der Waals surface area contributed by atoms with Crippen molar-refractivity contribution in [2.75, 3.05) is 25.0 Å². The van der Waals surface area contributed by atoms with Crippen molar-refractivity contribution in [1.29, 1.82) is 0 Å².